The first-order valence-corrected chi connectivity index (χ1v) is 10.1. The molecule has 0 amide bonds. The summed E-state index contributed by atoms with van der Waals surface area (Å²) in [6.07, 6.45) is 5.43. The Morgan fingerprint density at radius 1 is 1.26 bits per heavy atom. The van der Waals surface area contributed by atoms with Crippen LogP contribution in [-0.2, 0) is 14.8 Å². The maximum absolute atomic E-state index is 12.5. The van der Waals surface area contributed by atoms with Crippen molar-refractivity contribution in [2.45, 2.75) is 38.5 Å². The van der Waals surface area contributed by atoms with Gasteiger partial charge in [0.1, 0.15) is 0 Å². The summed E-state index contributed by atoms with van der Waals surface area (Å²) in [6, 6.07) is 4.15. The third kappa shape index (κ3) is 4.31. The molecule has 0 saturated carbocycles. The number of sulfonamides is 1. The zero-order chi connectivity index (χ0) is 16.3. The Labute approximate surface area is 139 Å². The molecule has 5 nitrogen and oxygen atoms in total. The number of aryl methyl sites for hydroxylation is 1. The van der Waals surface area contributed by atoms with Crippen LogP contribution in [0, 0.1) is 12.8 Å². The molecule has 1 aromatic rings. The molecule has 0 bridgehead atoms. The lowest BCUT2D eigenvalue weighted by atomic mass is 9.91. The van der Waals surface area contributed by atoms with Crippen molar-refractivity contribution in [3.63, 3.8) is 0 Å². The maximum Gasteiger partial charge on any atom is 0.214 e. The fraction of sp³-hybridized carbons (Fsp3) is 0.706. The number of piperidine rings is 1. The Hall–Kier alpha value is -0.980. The Morgan fingerprint density at radius 3 is 2.65 bits per heavy atom. The minimum absolute atomic E-state index is 0.262. The van der Waals surface area contributed by atoms with Crippen molar-refractivity contribution in [1.82, 2.24) is 9.29 Å². The number of hydrogen-bond donors (Lipinski definition) is 0. The highest BCUT2D eigenvalue weighted by molar-refractivity contribution is 7.89. The number of rotatable bonds is 5. The van der Waals surface area contributed by atoms with Crippen molar-refractivity contribution in [2.24, 2.45) is 5.92 Å². The monoisotopic (exact) mass is 338 g/mol. The molecule has 2 aliphatic rings. The molecular formula is C17H26N2O3S. The van der Waals surface area contributed by atoms with Crippen LogP contribution in [-0.4, -0.2) is 49.8 Å². The summed E-state index contributed by atoms with van der Waals surface area (Å²) >= 11 is 0. The minimum Gasteiger partial charge on any atom is -0.381 e. The Morgan fingerprint density at radius 2 is 2.04 bits per heavy atom. The van der Waals surface area contributed by atoms with Gasteiger partial charge in [0.25, 0.3) is 0 Å². The normalized spacial score (nSPS) is 24.1. The van der Waals surface area contributed by atoms with E-state index in [4.69, 9.17) is 4.74 Å². The van der Waals surface area contributed by atoms with Crippen LogP contribution in [0.3, 0.4) is 0 Å². The molecule has 2 saturated heterocycles. The molecule has 1 atom stereocenters. The zero-order valence-corrected chi connectivity index (χ0v) is 14.6. The number of ether oxygens (including phenoxy) is 1. The summed E-state index contributed by atoms with van der Waals surface area (Å²) in [5.74, 6) is 1.11. The first-order valence-electron chi connectivity index (χ1n) is 8.53. The Balaban J connectivity index is 1.52. The van der Waals surface area contributed by atoms with Crippen molar-refractivity contribution in [3.05, 3.63) is 29.6 Å². The Bertz CT molecular complexity index is 601. The van der Waals surface area contributed by atoms with Gasteiger partial charge in [-0.3, -0.25) is 4.98 Å². The highest BCUT2D eigenvalue weighted by Gasteiger charge is 2.29. The fourth-order valence-electron chi connectivity index (χ4n) is 3.44. The van der Waals surface area contributed by atoms with Crippen molar-refractivity contribution in [3.8, 4) is 0 Å². The van der Waals surface area contributed by atoms with Crippen LogP contribution >= 0.6 is 0 Å². The van der Waals surface area contributed by atoms with Gasteiger partial charge >= 0.3 is 0 Å². The second kappa shape index (κ2) is 7.28. The summed E-state index contributed by atoms with van der Waals surface area (Å²) in [5.41, 5.74) is 2.25. The summed E-state index contributed by atoms with van der Waals surface area (Å²) in [4.78, 5) is 4.35. The average Bonchev–Trinajstić information content (AvgIpc) is 3.08. The van der Waals surface area contributed by atoms with Gasteiger partial charge in [-0.25, -0.2) is 12.7 Å². The average molecular weight is 338 g/mol. The Kier molecular flexibility index (Phi) is 5.34. The number of nitrogens with zero attached hydrogens (tertiary/aromatic N) is 2. The summed E-state index contributed by atoms with van der Waals surface area (Å²) in [6.45, 7) is 4.73. The molecule has 2 aliphatic heterocycles. The molecule has 0 aromatic carbocycles. The minimum atomic E-state index is -3.12. The quantitative estimate of drug-likeness (QED) is 0.827. The molecule has 6 heteroatoms. The van der Waals surface area contributed by atoms with Crippen LogP contribution in [0.15, 0.2) is 18.3 Å². The molecule has 0 N–H and O–H groups in total. The van der Waals surface area contributed by atoms with Gasteiger partial charge < -0.3 is 4.74 Å². The van der Waals surface area contributed by atoms with Crippen LogP contribution in [0.25, 0.3) is 0 Å². The van der Waals surface area contributed by atoms with Gasteiger partial charge in [-0.1, -0.05) is 6.07 Å². The molecule has 0 aliphatic carbocycles. The van der Waals surface area contributed by atoms with Gasteiger partial charge in [0, 0.05) is 38.2 Å². The van der Waals surface area contributed by atoms with Gasteiger partial charge in [0.15, 0.2) is 0 Å². The highest BCUT2D eigenvalue weighted by atomic mass is 32.2. The first kappa shape index (κ1) is 16.9. The van der Waals surface area contributed by atoms with E-state index in [1.54, 1.807) is 4.31 Å². The summed E-state index contributed by atoms with van der Waals surface area (Å²) in [5, 5.41) is 0. The fourth-order valence-corrected chi connectivity index (χ4v) is 5.10. The molecule has 3 heterocycles. The highest BCUT2D eigenvalue weighted by Crippen LogP contribution is 2.29. The predicted molar refractivity (Wildman–Crippen MR) is 89.9 cm³/mol. The molecule has 2 fully saturated rings. The van der Waals surface area contributed by atoms with Gasteiger partial charge in [0.2, 0.25) is 10.0 Å². The van der Waals surface area contributed by atoms with Crippen molar-refractivity contribution in [1.29, 1.82) is 0 Å². The van der Waals surface area contributed by atoms with E-state index in [2.05, 4.69) is 11.1 Å². The molecular weight excluding hydrogens is 312 g/mol. The van der Waals surface area contributed by atoms with E-state index < -0.39 is 10.0 Å². The van der Waals surface area contributed by atoms with E-state index in [1.807, 2.05) is 19.2 Å². The van der Waals surface area contributed by atoms with Crippen molar-refractivity contribution >= 4 is 10.0 Å². The van der Waals surface area contributed by atoms with Gasteiger partial charge in [-0.05, 0) is 56.1 Å². The molecule has 1 aromatic heterocycles. The SMILES string of the molecule is Cc1ccc(C2CCN(S(=O)(=O)CCC3CCOC3)CC2)cn1. The third-order valence-corrected chi connectivity index (χ3v) is 6.96. The summed E-state index contributed by atoms with van der Waals surface area (Å²) in [7, 11) is -3.12. The largest absolute Gasteiger partial charge is 0.381 e. The zero-order valence-electron chi connectivity index (χ0n) is 13.8. The number of pyridine rings is 1. The van der Waals surface area contributed by atoms with E-state index >= 15 is 0 Å². The molecule has 1 unspecified atom stereocenters. The van der Waals surface area contributed by atoms with E-state index in [0.29, 0.717) is 24.9 Å². The van der Waals surface area contributed by atoms with Crippen LogP contribution in [0.4, 0.5) is 0 Å². The molecule has 23 heavy (non-hydrogen) atoms. The third-order valence-electron chi connectivity index (χ3n) is 5.06. The van der Waals surface area contributed by atoms with Crippen molar-refractivity contribution < 1.29 is 13.2 Å². The van der Waals surface area contributed by atoms with Gasteiger partial charge in [-0.15, -0.1) is 0 Å². The molecule has 0 spiro atoms. The first-order chi connectivity index (χ1) is 11.0. The molecule has 0 radical (unpaired) electrons. The van der Waals surface area contributed by atoms with Gasteiger partial charge in [0.05, 0.1) is 5.75 Å². The smallest absolute Gasteiger partial charge is 0.214 e. The second-order valence-corrected chi connectivity index (χ2v) is 8.83. The maximum atomic E-state index is 12.5. The second-order valence-electron chi connectivity index (χ2n) is 6.74. The van der Waals surface area contributed by atoms with E-state index in [1.165, 1.54) is 5.56 Å². The van der Waals surface area contributed by atoms with E-state index in [9.17, 15) is 8.42 Å². The lowest BCUT2D eigenvalue weighted by molar-refractivity contribution is 0.185. The van der Waals surface area contributed by atoms with Crippen LogP contribution in [0.5, 0.6) is 0 Å². The molecule has 3 rings (SSSR count). The number of hydrogen-bond acceptors (Lipinski definition) is 4. The lowest BCUT2D eigenvalue weighted by Crippen LogP contribution is -2.39. The number of aromatic nitrogens is 1. The summed E-state index contributed by atoms with van der Waals surface area (Å²) < 4.78 is 32.0. The lowest BCUT2D eigenvalue weighted by Gasteiger charge is -2.31. The van der Waals surface area contributed by atoms with Gasteiger partial charge in [-0.2, -0.15) is 0 Å². The van der Waals surface area contributed by atoms with Crippen LogP contribution < -0.4 is 0 Å². The predicted octanol–water partition coefficient (Wildman–Crippen LogP) is 2.33. The van der Waals surface area contributed by atoms with E-state index in [0.717, 1.165) is 44.6 Å². The standard InChI is InChI=1S/C17H26N2O3S/c1-14-2-3-17(12-18-14)16-4-8-19(9-5-16)23(20,21)11-7-15-6-10-22-13-15/h2-3,12,15-16H,4-11,13H2,1H3. The van der Waals surface area contributed by atoms with Crippen LogP contribution in [0.1, 0.15) is 42.9 Å². The van der Waals surface area contributed by atoms with E-state index in [-0.39, 0.29) is 5.75 Å². The topological polar surface area (TPSA) is 59.5 Å². The van der Waals surface area contributed by atoms with Crippen LogP contribution in [0.2, 0.25) is 0 Å². The molecule has 128 valence electrons. The van der Waals surface area contributed by atoms with Crippen molar-refractivity contribution in [2.75, 3.05) is 32.1 Å².